The Bertz CT molecular complexity index is 1350. The van der Waals surface area contributed by atoms with Crippen molar-refractivity contribution in [1.82, 2.24) is 19.5 Å². The highest BCUT2D eigenvalue weighted by molar-refractivity contribution is 6.36. The second-order valence-electron chi connectivity index (χ2n) is 7.87. The summed E-state index contributed by atoms with van der Waals surface area (Å²) < 4.78 is 13.0. The normalized spacial score (nSPS) is 16.2. The number of halogens is 3. The van der Waals surface area contributed by atoms with Crippen LogP contribution in [-0.4, -0.2) is 31.9 Å². The van der Waals surface area contributed by atoms with Gasteiger partial charge >= 0.3 is 0 Å². The van der Waals surface area contributed by atoms with E-state index in [1.165, 1.54) is 0 Å². The van der Waals surface area contributed by atoms with Crippen LogP contribution < -0.4 is 4.74 Å². The first-order valence-corrected chi connectivity index (χ1v) is 11.1. The van der Waals surface area contributed by atoms with Crippen LogP contribution in [0.15, 0.2) is 35.1 Å². The van der Waals surface area contributed by atoms with Crippen LogP contribution >= 0.6 is 34.8 Å². The van der Waals surface area contributed by atoms with Crippen molar-refractivity contribution >= 4 is 46.2 Å². The molecule has 1 aliphatic carbocycles. The van der Waals surface area contributed by atoms with Crippen molar-refractivity contribution in [3.05, 3.63) is 51.2 Å². The predicted molar refractivity (Wildman–Crippen MR) is 122 cm³/mol. The van der Waals surface area contributed by atoms with Gasteiger partial charge in [-0.25, -0.2) is 4.98 Å². The Morgan fingerprint density at radius 1 is 1.12 bits per heavy atom. The lowest BCUT2D eigenvalue weighted by atomic mass is 10.1. The Balaban J connectivity index is 1.39. The van der Waals surface area contributed by atoms with E-state index in [1.54, 1.807) is 18.3 Å². The first kappa shape index (κ1) is 21.2. The highest BCUT2D eigenvalue weighted by Crippen LogP contribution is 2.37. The molecule has 1 saturated carbocycles. The summed E-state index contributed by atoms with van der Waals surface area (Å²) in [4.78, 5) is 20.4. The molecule has 0 N–H and O–H groups in total. The van der Waals surface area contributed by atoms with E-state index in [1.807, 2.05) is 23.6 Å². The number of fused-ring (bicyclic) bond motifs is 1. The molecule has 1 aliphatic rings. The van der Waals surface area contributed by atoms with Crippen molar-refractivity contribution < 1.29 is 14.1 Å². The van der Waals surface area contributed by atoms with Crippen molar-refractivity contribution in [3.63, 3.8) is 0 Å². The van der Waals surface area contributed by atoms with E-state index in [-0.39, 0.29) is 17.6 Å². The summed E-state index contributed by atoms with van der Waals surface area (Å²) >= 11 is 19.1. The zero-order valence-corrected chi connectivity index (χ0v) is 19.2. The van der Waals surface area contributed by atoms with Gasteiger partial charge in [-0.3, -0.25) is 4.79 Å². The highest BCUT2D eigenvalue weighted by atomic mass is 35.5. The third-order valence-corrected chi connectivity index (χ3v) is 6.26. The molecule has 0 aliphatic heterocycles. The Morgan fingerprint density at radius 2 is 1.97 bits per heavy atom. The van der Waals surface area contributed by atoms with E-state index in [0.717, 1.165) is 12.0 Å². The average Bonchev–Trinajstić information content (AvgIpc) is 3.47. The lowest BCUT2D eigenvalue weighted by Crippen LogP contribution is -2.09. The van der Waals surface area contributed by atoms with Crippen LogP contribution in [0.4, 0.5) is 0 Å². The Labute approximate surface area is 198 Å². The van der Waals surface area contributed by atoms with Gasteiger partial charge in [0.25, 0.3) is 5.89 Å². The van der Waals surface area contributed by atoms with Crippen molar-refractivity contribution in [2.75, 3.05) is 6.61 Å². The maximum absolute atomic E-state index is 11.4. The van der Waals surface area contributed by atoms with Gasteiger partial charge in [-0.05, 0) is 31.0 Å². The first-order valence-electron chi connectivity index (χ1n) is 10.00. The molecule has 7 nitrogen and oxygen atoms in total. The molecule has 3 heterocycles. The zero-order chi connectivity index (χ0) is 22.4. The minimum absolute atomic E-state index is 0.207. The molecular weight excluding hydrogens is 475 g/mol. The smallest absolute Gasteiger partial charge is 0.259 e. The molecule has 3 aromatic heterocycles. The SMILES string of the molecule is Cc1cc(Cl)c2nc(-c3noc(-c4cc(Cl)c(OC[C@@H]5CCC(=O)C5)cc4Cl)n3)cn2c1. The van der Waals surface area contributed by atoms with Crippen molar-refractivity contribution in [1.29, 1.82) is 0 Å². The molecule has 5 rings (SSSR count). The molecule has 1 atom stereocenters. The second-order valence-corrected chi connectivity index (χ2v) is 9.09. The number of ether oxygens (including phenoxy) is 1. The van der Waals surface area contributed by atoms with E-state index in [0.29, 0.717) is 63.0 Å². The van der Waals surface area contributed by atoms with Gasteiger partial charge in [0.2, 0.25) is 5.82 Å². The molecule has 0 saturated heterocycles. The minimum Gasteiger partial charge on any atom is -0.492 e. The number of Topliss-reactive ketones (excluding diaryl/α,β-unsaturated/α-hetero) is 1. The summed E-state index contributed by atoms with van der Waals surface area (Å²) in [5.74, 6) is 1.44. The zero-order valence-electron chi connectivity index (χ0n) is 16.9. The molecule has 0 spiro atoms. The van der Waals surface area contributed by atoms with Crippen LogP contribution in [0.25, 0.3) is 28.6 Å². The quantitative estimate of drug-likeness (QED) is 0.337. The average molecular weight is 492 g/mol. The topological polar surface area (TPSA) is 82.5 Å². The Hall–Kier alpha value is -2.61. The molecule has 0 amide bonds. The van der Waals surface area contributed by atoms with Gasteiger partial charge in [-0.15, -0.1) is 0 Å². The van der Waals surface area contributed by atoms with E-state index >= 15 is 0 Å². The van der Waals surface area contributed by atoms with E-state index in [9.17, 15) is 4.79 Å². The van der Waals surface area contributed by atoms with E-state index in [4.69, 9.17) is 44.1 Å². The summed E-state index contributed by atoms with van der Waals surface area (Å²) in [6.45, 7) is 2.37. The number of hydrogen-bond donors (Lipinski definition) is 0. The van der Waals surface area contributed by atoms with Crippen LogP contribution in [0.1, 0.15) is 24.8 Å². The summed E-state index contributed by atoms with van der Waals surface area (Å²) in [6.07, 6.45) is 5.68. The Kier molecular flexibility index (Phi) is 5.57. The minimum atomic E-state index is 0.207. The maximum Gasteiger partial charge on any atom is 0.259 e. The summed E-state index contributed by atoms with van der Waals surface area (Å²) in [5.41, 5.74) is 2.60. The predicted octanol–water partition coefficient (Wildman–Crippen LogP) is 6.07. The number of rotatable bonds is 5. The second kappa shape index (κ2) is 8.39. The van der Waals surface area contributed by atoms with Gasteiger partial charge in [0.1, 0.15) is 17.2 Å². The number of benzene rings is 1. The van der Waals surface area contributed by atoms with Gasteiger partial charge in [-0.2, -0.15) is 4.98 Å². The molecule has 4 aromatic rings. The third-order valence-electron chi connectivity index (χ3n) is 5.37. The maximum atomic E-state index is 11.4. The molecule has 1 fully saturated rings. The number of imidazole rings is 1. The van der Waals surface area contributed by atoms with Crippen molar-refractivity contribution in [3.8, 4) is 28.7 Å². The third kappa shape index (κ3) is 4.08. The number of carbonyl (C=O) groups is 1. The number of aryl methyl sites for hydroxylation is 1. The molecule has 164 valence electrons. The number of carbonyl (C=O) groups excluding carboxylic acids is 1. The number of nitrogens with zero attached hydrogens (tertiary/aromatic N) is 4. The fraction of sp³-hybridized carbons (Fsp3) is 0.273. The van der Waals surface area contributed by atoms with Crippen LogP contribution in [0, 0.1) is 12.8 Å². The molecular formula is C22H17Cl3N4O3. The van der Waals surface area contributed by atoms with Crippen LogP contribution in [0.2, 0.25) is 15.1 Å². The van der Waals surface area contributed by atoms with E-state index < -0.39 is 0 Å². The van der Waals surface area contributed by atoms with E-state index in [2.05, 4.69) is 15.1 Å². The van der Waals surface area contributed by atoms with Gasteiger partial charge in [0.05, 0.1) is 27.2 Å². The number of hydrogen-bond acceptors (Lipinski definition) is 6. The largest absolute Gasteiger partial charge is 0.492 e. The van der Waals surface area contributed by atoms with Gasteiger partial charge in [0, 0.05) is 37.2 Å². The van der Waals surface area contributed by atoms with Crippen molar-refractivity contribution in [2.24, 2.45) is 5.92 Å². The molecule has 0 bridgehead atoms. The van der Waals surface area contributed by atoms with Crippen LogP contribution in [0.5, 0.6) is 5.75 Å². The van der Waals surface area contributed by atoms with Crippen molar-refractivity contribution in [2.45, 2.75) is 26.2 Å². The fourth-order valence-corrected chi connectivity index (χ4v) is 4.54. The summed E-state index contributed by atoms with van der Waals surface area (Å²) in [5, 5.41) is 5.29. The number of aromatic nitrogens is 4. The van der Waals surface area contributed by atoms with Crippen LogP contribution in [-0.2, 0) is 4.79 Å². The number of pyridine rings is 1. The fourth-order valence-electron chi connectivity index (χ4n) is 3.78. The lowest BCUT2D eigenvalue weighted by Gasteiger charge is -2.13. The standard InChI is InChI=1S/C22H17Cl3N4O3/c1-11-4-17(25)21-26-18(9-29(21)8-11)20-27-22(32-28-20)14-6-16(24)19(7-15(14)23)31-10-12-2-3-13(30)5-12/h4,6-9,12H,2-3,5,10H2,1H3/t12-/m1/s1. The molecule has 1 aromatic carbocycles. The molecule has 32 heavy (non-hydrogen) atoms. The van der Waals surface area contributed by atoms with Gasteiger partial charge < -0.3 is 13.7 Å². The highest BCUT2D eigenvalue weighted by Gasteiger charge is 2.24. The van der Waals surface area contributed by atoms with Crippen LogP contribution in [0.3, 0.4) is 0 Å². The molecule has 0 unspecified atom stereocenters. The molecule has 10 heteroatoms. The van der Waals surface area contributed by atoms with Gasteiger partial charge in [0.15, 0.2) is 5.65 Å². The summed E-state index contributed by atoms with van der Waals surface area (Å²) in [7, 11) is 0. The van der Waals surface area contributed by atoms with Gasteiger partial charge in [-0.1, -0.05) is 40.0 Å². The monoisotopic (exact) mass is 490 g/mol. The summed E-state index contributed by atoms with van der Waals surface area (Å²) in [6, 6.07) is 5.08. The first-order chi connectivity index (χ1) is 15.4. The lowest BCUT2D eigenvalue weighted by molar-refractivity contribution is -0.117. The Morgan fingerprint density at radius 3 is 2.75 bits per heavy atom. The molecule has 0 radical (unpaired) electrons. The number of ketones is 1.